The molecule has 0 saturated carbocycles. The normalized spacial score (nSPS) is 12.8. The molecule has 0 radical (unpaired) electrons. The fourth-order valence-electron chi connectivity index (χ4n) is 0.933. The van der Waals surface area contributed by atoms with Gasteiger partial charge in [0.25, 0.3) is 10.1 Å². The number of nitrogens with one attached hydrogen (secondary N) is 1. The molecule has 0 bridgehead atoms. The van der Waals surface area contributed by atoms with E-state index in [9.17, 15) is 16.8 Å². The van der Waals surface area contributed by atoms with Gasteiger partial charge >= 0.3 is 0 Å². The minimum Gasteiger partial charge on any atom is -0.379 e. The molecular weight excluding hydrogens is 270 g/mol. The number of sulfonamides is 1. The van der Waals surface area contributed by atoms with E-state index in [-0.39, 0.29) is 13.2 Å². The molecule has 0 saturated heterocycles. The topological polar surface area (TPSA) is 98.8 Å². The van der Waals surface area contributed by atoms with Crippen molar-refractivity contribution in [1.29, 1.82) is 0 Å². The highest BCUT2D eigenvalue weighted by Gasteiger charge is 2.01. The van der Waals surface area contributed by atoms with E-state index in [1.165, 1.54) is 0 Å². The standard InChI is InChI=1S/C8H19NO6S2/c1-16(10,11)9-5-3-4-6-14-7-8-15-17(2,12)13/h9H,3-8H2,1-2H3. The predicted octanol–water partition coefficient (Wildman–Crippen LogP) is -0.691. The van der Waals surface area contributed by atoms with Crippen molar-refractivity contribution in [3.05, 3.63) is 0 Å². The third-order valence-corrected chi connectivity index (χ3v) is 2.93. The van der Waals surface area contributed by atoms with Gasteiger partial charge in [0, 0.05) is 13.2 Å². The molecule has 9 heteroatoms. The van der Waals surface area contributed by atoms with Gasteiger partial charge in [-0.05, 0) is 12.8 Å². The van der Waals surface area contributed by atoms with Gasteiger partial charge in [0.05, 0.1) is 25.7 Å². The van der Waals surface area contributed by atoms with Crippen molar-refractivity contribution in [2.24, 2.45) is 0 Å². The Morgan fingerprint density at radius 3 is 2.12 bits per heavy atom. The van der Waals surface area contributed by atoms with Crippen LogP contribution < -0.4 is 4.72 Å². The zero-order chi connectivity index (χ0) is 13.4. The molecule has 0 fully saturated rings. The minimum atomic E-state index is -3.40. The van der Waals surface area contributed by atoms with E-state index in [4.69, 9.17) is 4.74 Å². The summed E-state index contributed by atoms with van der Waals surface area (Å²) in [5.41, 5.74) is 0. The maximum atomic E-state index is 10.7. The molecule has 0 aliphatic rings. The summed E-state index contributed by atoms with van der Waals surface area (Å²) in [6, 6.07) is 0. The van der Waals surface area contributed by atoms with Crippen LogP contribution in [-0.2, 0) is 29.1 Å². The van der Waals surface area contributed by atoms with Crippen molar-refractivity contribution in [1.82, 2.24) is 4.72 Å². The summed E-state index contributed by atoms with van der Waals surface area (Å²) in [7, 11) is -6.52. The van der Waals surface area contributed by atoms with E-state index >= 15 is 0 Å². The molecule has 7 nitrogen and oxygen atoms in total. The molecule has 0 unspecified atom stereocenters. The van der Waals surface area contributed by atoms with Crippen LogP contribution in [0.5, 0.6) is 0 Å². The van der Waals surface area contributed by atoms with E-state index in [1.54, 1.807) is 0 Å². The Bertz CT molecular complexity index is 350. The number of rotatable bonds is 10. The highest BCUT2D eigenvalue weighted by molar-refractivity contribution is 7.88. The number of unbranched alkanes of at least 4 members (excludes halogenated alkanes) is 1. The second-order valence-corrected chi connectivity index (χ2v) is 6.99. The van der Waals surface area contributed by atoms with Crippen molar-refractivity contribution in [2.45, 2.75) is 12.8 Å². The first-order valence-corrected chi connectivity index (χ1v) is 8.78. The fraction of sp³-hybridized carbons (Fsp3) is 1.00. The molecule has 0 aliphatic carbocycles. The highest BCUT2D eigenvalue weighted by Crippen LogP contribution is 1.91. The van der Waals surface area contributed by atoms with Gasteiger partial charge in [-0.15, -0.1) is 0 Å². The minimum absolute atomic E-state index is 0.000419. The fourth-order valence-corrected chi connectivity index (χ4v) is 1.82. The summed E-state index contributed by atoms with van der Waals surface area (Å²) in [6.45, 7) is 1.02. The van der Waals surface area contributed by atoms with E-state index in [2.05, 4.69) is 8.91 Å². The van der Waals surface area contributed by atoms with Gasteiger partial charge in [-0.2, -0.15) is 8.42 Å². The second kappa shape index (κ2) is 7.98. The molecule has 104 valence electrons. The molecule has 0 rings (SSSR count). The van der Waals surface area contributed by atoms with Crippen LogP contribution in [0.25, 0.3) is 0 Å². The molecule has 0 heterocycles. The lowest BCUT2D eigenvalue weighted by atomic mass is 10.3. The molecule has 0 amide bonds. The van der Waals surface area contributed by atoms with Crippen molar-refractivity contribution in [3.8, 4) is 0 Å². The summed E-state index contributed by atoms with van der Waals surface area (Å²) < 4.78 is 54.4. The summed E-state index contributed by atoms with van der Waals surface area (Å²) in [5, 5.41) is 0. The summed E-state index contributed by atoms with van der Waals surface area (Å²) in [4.78, 5) is 0. The Morgan fingerprint density at radius 2 is 1.59 bits per heavy atom. The first kappa shape index (κ1) is 16.8. The maximum absolute atomic E-state index is 10.7. The Labute approximate surface area is 103 Å². The molecule has 0 atom stereocenters. The second-order valence-electron chi connectivity index (χ2n) is 3.51. The molecule has 17 heavy (non-hydrogen) atoms. The van der Waals surface area contributed by atoms with Crippen LogP contribution in [0.2, 0.25) is 0 Å². The zero-order valence-electron chi connectivity index (χ0n) is 10.0. The third kappa shape index (κ3) is 15.8. The van der Waals surface area contributed by atoms with E-state index in [0.29, 0.717) is 26.0 Å². The average molecular weight is 289 g/mol. The third-order valence-electron chi connectivity index (χ3n) is 1.60. The van der Waals surface area contributed by atoms with E-state index in [0.717, 1.165) is 12.5 Å². The van der Waals surface area contributed by atoms with Crippen LogP contribution in [0.3, 0.4) is 0 Å². The van der Waals surface area contributed by atoms with Crippen LogP contribution in [0.4, 0.5) is 0 Å². The van der Waals surface area contributed by atoms with Gasteiger partial charge in [-0.3, -0.25) is 4.18 Å². The van der Waals surface area contributed by atoms with Crippen LogP contribution in [0, 0.1) is 0 Å². The van der Waals surface area contributed by atoms with Crippen molar-refractivity contribution < 1.29 is 25.8 Å². The predicted molar refractivity (Wildman–Crippen MR) is 63.7 cm³/mol. The molecular formula is C8H19NO6S2. The van der Waals surface area contributed by atoms with E-state index in [1.807, 2.05) is 0 Å². The summed E-state index contributed by atoms with van der Waals surface area (Å²) in [6.07, 6.45) is 3.44. The smallest absolute Gasteiger partial charge is 0.264 e. The van der Waals surface area contributed by atoms with Crippen molar-refractivity contribution in [2.75, 3.05) is 38.9 Å². The van der Waals surface area contributed by atoms with Crippen LogP contribution in [0.1, 0.15) is 12.8 Å². The molecule has 0 aromatic heterocycles. The first-order valence-electron chi connectivity index (χ1n) is 5.07. The van der Waals surface area contributed by atoms with Crippen molar-refractivity contribution in [3.63, 3.8) is 0 Å². The van der Waals surface area contributed by atoms with Crippen LogP contribution in [-0.4, -0.2) is 55.7 Å². The monoisotopic (exact) mass is 289 g/mol. The summed E-state index contributed by atoms with van der Waals surface area (Å²) in [5.74, 6) is 0. The van der Waals surface area contributed by atoms with Gasteiger partial charge in [-0.1, -0.05) is 0 Å². The number of ether oxygens (including phenoxy) is 1. The van der Waals surface area contributed by atoms with Gasteiger partial charge < -0.3 is 4.74 Å². The largest absolute Gasteiger partial charge is 0.379 e. The molecule has 0 aromatic carbocycles. The summed E-state index contributed by atoms with van der Waals surface area (Å²) >= 11 is 0. The SMILES string of the molecule is CS(=O)(=O)NCCCCOCCOS(C)(=O)=O. The van der Waals surface area contributed by atoms with E-state index < -0.39 is 20.1 Å². The lowest BCUT2D eigenvalue weighted by Gasteiger charge is -2.04. The van der Waals surface area contributed by atoms with Gasteiger partial charge in [0.15, 0.2) is 0 Å². The maximum Gasteiger partial charge on any atom is 0.264 e. The lowest BCUT2D eigenvalue weighted by Crippen LogP contribution is -2.23. The molecule has 0 aliphatic heterocycles. The van der Waals surface area contributed by atoms with Gasteiger partial charge in [0.1, 0.15) is 0 Å². The number of hydrogen-bond acceptors (Lipinski definition) is 6. The van der Waals surface area contributed by atoms with Crippen molar-refractivity contribution >= 4 is 20.1 Å². The molecule has 0 spiro atoms. The van der Waals surface area contributed by atoms with Gasteiger partial charge in [0.2, 0.25) is 10.0 Å². The van der Waals surface area contributed by atoms with Crippen LogP contribution in [0.15, 0.2) is 0 Å². The zero-order valence-corrected chi connectivity index (χ0v) is 11.6. The Morgan fingerprint density at radius 1 is 0.941 bits per heavy atom. The van der Waals surface area contributed by atoms with Gasteiger partial charge in [-0.25, -0.2) is 13.1 Å². The van der Waals surface area contributed by atoms with Crippen LogP contribution >= 0.6 is 0 Å². The quantitative estimate of drug-likeness (QED) is 0.422. The Hall–Kier alpha value is -0.220. The lowest BCUT2D eigenvalue weighted by molar-refractivity contribution is 0.0999. The number of hydrogen-bond donors (Lipinski definition) is 1. The highest BCUT2D eigenvalue weighted by atomic mass is 32.2. The average Bonchev–Trinajstić information content (AvgIpc) is 2.11. The molecule has 1 N–H and O–H groups in total. The first-order chi connectivity index (χ1) is 7.71. The Balaban J connectivity index is 3.25. The Kier molecular flexibility index (Phi) is 7.88. The molecule has 0 aromatic rings.